The highest BCUT2D eigenvalue weighted by atomic mass is 16.6. The number of ether oxygens (including phenoxy) is 2. The zero-order valence-corrected chi connectivity index (χ0v) is 9.39. The fraction of sp³-hybridized carbons (Fsp3) is 0.308. The number of carbonyl (C=O) groups excluding carboxylic acids is 1. The highest BCUT2D eigenvalue weighted by Gasteiger charge is 2.10. The van der Waals surface area contributed by atoms with Crippen molar-refractivity contribution < 1.29 is 14.3 Å². The van der Waals surface area contributed by atoms with Crippen LogP contribution in [0.25, 0.3) is 0 Å². The summed E-state index contributed by atoms with van der Waals surface area (Å²) in [5, 5.41) is 0. The topological polar surface area (TPSA) is 35.5 Å². The molecule has 0 fully saturated rings. The quantitative estimate of drug-likeness (QED) is 0.546. The van der Waals surface area contributed by atoms with Gasteiger partial charge in [-0.3, -0.25) is 0 Å². The smallest absolute Gasteiger partial charge is 0.330 e. The molecule has 0 amide bonds. The van der Waals surface area contributed by atoms with E-state index in [9.17, 15) is 4.79 Å². The molecule has 3 heteroatoms. The van der Waals surface area contributed by atoms with E-state index in [-0.39, 0.29) is 12.7 Å². The van der Waals surface area contributed by atoms with Crippen molar-refractivity contribution in [1.29, 1.82) is 0 Å². The Balaban J connectivity index is 2.43. The van der Waals surface area contributed by atoms with Crippen LogP contribution in [0.15, 0.2) is 43.0 Å². The first kappa shape index (κ1) is 12.3. The summed E-state index contributed by atoms with van der Waals surface area (Å²) >= 11 is 0. The first-order valence-electron chi connectivity index (χ1n) is 5.27. The molecule has 16 heavy (non-hydrogen) atoms. The summed E-state index contributed by atoms with van der Waals surface area (Å²) in [6.07, 6.45) is 1.81. The summed E-state index contributed by atoms with van der Waals surface area (Å²) in [4.78, 5) is 10.9. The van der Waals surface area contributed by atoms with Crippen molar-refractivity contribution in [3.63, 3.8) is 0 Å². The molecule has 0 heterocycles. The Hall–Kier alpha value is -1.77. The summed E-state index contributed by atoms with van der Waals surface area (Å²) in [6.45, 7) is 5.56. The lowest BCUT2D eigenvalue weighted by Crippen LogP contribution is -2.23. The van der Waals surface area contributed by atoms with Gasteiger partial charge in [0.25, 0.3) is 0 Å². The third-order valence-corrected chi connectivity index (χ3v) is 2.08. The summed E-state index contributed by atoms with van der Waals surface area (Å²) < 4.78 is 10.6. The lowest BCUT2D eigenvalue weighted by atomic mass is 10.3. The van der Waals surface area contributed by atoms with E-state index < -0.39 is 5.97 Å². The molecule has 0 aliphatic heterocycles. The number of esters is 1. The third-order valence-electron chi connectivity index (χ3n) is 2.08. The van der Waals surface area contributed by atoms with Gasteiger partial charge < -0.3 is 9.47 Å². The van der Waals surface area contributed by atoms with Gasteiger partial charge in [0.15, 0.2) is 0 Å². The van der Waals surface area contributed by atoms with Gasteiger partial charge in [0, 0.05) is 6.08 Å². The predicted molar refractivity (Wildman–Crippen MR) is 62.3 cm³/mol. The highest BCUT2D eigenvalue weighted by molar-refractivity contribution is 5.81. The second-order valence-corrected chi connectivity index (χ2v) is 3.30. The third kappa shape index (κ3) is 4.17. The molecule has 0 saturated carbocycles. The van der Waals surface area contributed by atoms with E-state index in [1.165, 1.54) is 0 Å². The molecule has 0 aromatic heterocycles. The van der Waals surface area contributed by atoms with E-state index in [0.717, 1.165) is 18.2 Å². The maximum Gasteiger partial charge on any atom is 0.330 e. The molecular formula is C13H16O3. The molecule has 0 spiro atoms. The van der Waals surface area contributed by atoms with E-state index in [1.54, 1.807) is 0 Å². The lowest BCUT2D eigenvalue weighted by molar-refractivity contribution is -0.140. The van der Waals surface area contributed by atoms with E-state index in [1.807, 2.05) is 37.3 Å². The van der Waals surface area contributed by atoms with Crippen LogP contribution in [0.4, 0.5) is 0 Å². The van der Waals surface area contributed by atoms with Gasteiger partial charge in [-0.05, 0) is 18.6 Å². The molecular weight excluding hydrogens is 204 g/mol. The van der Waals surface area contributed by atoms with E-state index in [2.05, 4.69) is 6.58 Å². The van der Waals surface area contributed by atoms with Gasteiger partial charge >= 0.3 is 5.97 Å². The number of hydrogen-bond acceptors (Lipinski definition) is 3. The fourth-order valence-electron chi connectivity index (χ4n) is 1.16. The number of benzene rings is 1. The van der Waals surface area contributed by atoms with E-state index in [0.29, 0.717) is 0 Å². The molecule has 1 aromatic carbocycles. The van der Waals surface area contributed by atoms with Gasteiger partial charge in [-0.25, -0.2) is 4.79 Å². The number of para-hydroxylation sites is 1. The molecule has 1 unspecified atom stereocenters. The van der Waals surface area contributed by atoms with Crippen LogP contribution >= 0.6 is 0 Å². The molecule has 0 saturated heterocycles. The maximum absolute atomic E-state index is 10.9. The Morgan fingerprint density at radius 1 is 1.44 bits per heavy atom. The average Bonchev–Trinajstić information content (AvgIpc) is 2.35. The SMILES string of the molecule is C=CC(=O)OCC(CC)Oc1ccccc1. The molecule has 3 nitrogen and oxygen atoms in total. The molecule has 0 N–H and O–H groups in total. The molecule has 1 rings (SSSR count). The molecule has 0 aliphatic rings. The standard InChI is InChI=1S/C13H16O3/c1-3-11(10-15-13(14)4-2)16-12-8-6-5-7-9-12/h4-9,11H,2-3,10H2,1H3. The van der Waals surface area contributed by atoms with Crippen molar-refractivity contribution in [2.24, 2.45) is 0 Å². The molecule has 1 atom stereocenters. The van der Waals surface area contributed by atoms with Gasteiger partial charge in [0.1, 0.15) is 18.5 Å². The zero-order chi connectivity index (χ0) is 11.8. The summed E-state index contributed by atoms with van der Waals surface area (Å²) in [5.41, 5.74) is 0. The summed E-state index contributed by atoms with van der Waals surface area (Å²) in [7, 11) is 0. The van der Waals surface area contributed by atoms with Crippen molar-refractivity contribution in [2.45, 2.75) is 19.4 Å². The van der Waals surface area contributed by atoms with Gasteiger partial charge in [-0.1, -0.05) is 31.7 Å². The van der Waals surface area contributed by atoms with Crippen molar-refractivity contribution >= 4 is 5.97 Å². The van der Waals surface area contributed by atoms with Crippen LogP contribution in [-0.4, -0.2) is 18.7 Å². The Morgan fingerprint density at radius 3 is 2.69 bits per heavy atom. The number of hydrogen-bond donors (Lipinski definition) is 0. The van der Waals surface area contributed by atoms with Crippen molar-refractivity contribution in [3.8, 4) is 5.75 Å². The molecule has 86 valence electrons. The normalized spacial score (nSPS) is 11.6. The van der Waals surface area contributed by atoms with E-state index >= 15 is 0 Å². The first-order valence-corrected chi connectivity index (χ1v) is 5.27. The van der Waals surface area contributed by atoms with Crippen LogP contribution in [0.3, 0.4) is 0 Å². The van der Waals surface area contributed by atoms with Crippen LogP contribution in [0.1, 0.15) is 13.3 Å². The molecule has 0 aliphatic carbocycles. The monoisotopic (exact) mass is 220 g/mol. The molecule has 1 aromatic rings. The van der Waals surface area contributed by atoms with Gasteiger partial charge in [0.05, 0.1) is 0 Å². The molecule has 0 bridgehead atoms. The Labute approximate surface area is 95.7 Å². The molecule has 0 radical (unpaired) electrons. The summed E-state index contributed by atoms with van der Waals surface area (Å²) in [5.74, 6) is 0.360. The average molecular weight is 220 g/mol. The number of carbonyl (C=O) groups is 1. The predicted octanol–water partition coefficient (Wildman–Crippen LogP) is 2.57. The second-order valence-electron chi connectivity index (χ2n) is 3.30. The van der Waals surface area contributed by atoms with Crippen molar-refractivity contribution in [2.75, 3.05) is 6.61 Å². The largest absolute Gasteiger partial charge is 0.487 e. The van der Waals surface area contributed by atoms with Crippen LogP contribution in [0.2, 0.25) is 0 Å². The lowest BCUT2D eigenvalue weighted by Gasteiger charge is -2.16. The van der Waals surface area contributed by atoms with Gasteiger partial charge in [-0.15, -0.1) is 0 Å². The van der Waals surface area contributed by atoms with Crippen LogP contribution < -0.4 is 4.74 Å². The first-order chi connectivity index (χ1) is 7.76. The minimum atomic E-state index is -0.421. The Morgan fingerprint density at radius 2 is 2.12 bits per heavy atom. The minimum absolute atomic E-state index is 0.119. The maximum atomic E-state index is 10.9. The van der Waals surface area contributed by atoms with Crippen molar-refractivity contribution in [1.82, 2.24) is 0 Å². The Bertz CT molecular complexity index is 332. The fourth-order valence-corrected chi connectivity index (χ4v) is 1.16. The van der Waals surface area contributed by atoms with Crippen LogP contribution in [0, 0.1) is 0 Å². The van der Waals surface area contributed by atoms with Crippen LogP contribution in [-0.2, 0) is 9.53 Å². The minimum Gasteiger partial charge on any atom is -0.487 e. The highest BCUT2D eigenvalue weighted by Crippen LogP contribution is 2.12. The zero-order valence-electron chi connectivity index (χ0n) is 9.39. The Kier molecular flexibility index (Phi) is 5.12. The van der Waals surface area contributed by atoms with Crippen LogP contribution in [0.5, 0.6) is 5.75 Å². The summed E-state index contributed by atoms with van der Waals surface area (Å²) in [6, 6.07) is 9.47. The second kappa shape index (κ2) is 6.67. The van der Waals surface area contributed by atoms with Crippen molar-refractivity contribution in [3.05, 3.63) is 43.0 Å². The van der Waals surface area contributed by atoms with E-state index in [4.69, 9.17) is 9.47 Å². The van der Waals surface area contributed by atoms with Gasteiger partial charge in [-0.2, -0.15) is 0 Å². The van der Waals surface area contributed by atoms with Gasteiger partial charge in [0.2, 0.25) is 0 Å². The number of rotatable bonds is 6.